The van der Waals surface area contributed by atoms with E-state index >= 15 is 0 Å². The summed E-state index contributed by atoms with van der Waals surface area (Å²) in [6.45, 7) is 5.83. The largest absolute Gasteiger partial charge is 0.350 e. The van der Waals surface area contributed by atoms with Crippen LogP contribution in [0.3, 0.4) is 0 Å². The number of pyridine rings is 1. The van der Waals surface area contributed by atoms with Crippen molar-refractivity contribution in [3.8, 4) is 0 Å². The average Bonchev–Trinajstić information content (AvgIpc) is 3.52. The van der Waals surface area contributed by atoms with Crippen LogP contribution >= 0.6 is 0 Å². The number of rotatable bonds is 7. The van der Waals surface area contributed by atoms with Crippen LogP contribution in [-0.2, 0) is 10.3 Å². The first kappa shape index (κ1) is 17.9. The fourth-order valence-electron chi connectivity index (χ4n) is 3.18. The molecule has 1 aromatic carbocycles. The summed E-state index contributed by atoms with van der Waals surface area (Å²) < 4.78 is 0. The van der Waals surface area contributed by atoms with Gasteiger partial charge in [0.1, 0.15) is 5.54 Å². The SMILES string of the molecule is C=CCNC(=O)C(C)(c1ccccc1)N(C(=O)c1ccncc1)C1CC1. The van der Waals surface area contributed by atoms with Crippen molar-refractivity contribution in [1.82, 2.24) is 15.2 Å². The monoisotopic (exact) mass is 349 g/mol. The molecule has 2 aromatic rings. The van der Waals surface area contributed by atoms with E-state index in [9.17, 15) is 9.59 Å². The molecule has 134 valence electrons. The lowest BCUT2D eigenvalue weighted by molar-refractivity contribution is -0.132. The number of hydrogen-bond donors (Lipinski definition) is 1. The summed E-state index contributed by atoms with van der Waals surface area (Å²) in [4.78, 5) is 32.2. The summed E-state index contributed by atoms with van der Waals surface area (Å²) in [6, 6.07) is 12.9. The molecule has 0 radical (unpaired) electrons. The first-order chi connectivity index (χ1) is 12.6. The van der Waals surface area contributed by atoms with Gasteiger partial charge in [0.15, 0.2) is 0 Å². The number of benzene rings is 1. The number of nitrogens with zero attached hydrogens (tertiary/aromatic N) is 2. The van der Waals surface area contributed by atoms with Gasteiger partial charge in [-0.3, -0.25) is 14.6 Å². The molecule has 26 heavy (non-hydrogen) atoms. The Morgan fingerprint density at radius 2 is 1.88 bits per heavy atom. The molecule has 1 saturated carbocycles. The van der Waals surface area contributed by atoms with Crippen LogP contribution in [0.1, 0.15) is 35.7 Å². The van der Waals surface area contributed by atoms with Gasteiger partial charge in [0.2, 0.25) is 0 Å². The smallest absolute Gasteiger partial charge is 0.255 e. The van der Waals surface area contributed by atoms with Gasteiger partial charge in [-0.15, -0.1) is 6.58 Å². The van der Waals surface area contributed by atoms with E-state index in [0.717, 1.165) is 18.4 Å². The van der Waals surface area contributed by atoms with Gasteiger partial charge in [0.05, 0.1) is 0 Å². The van der Waals surface area contributed by atoms with Crippen LogP contribution in [0.5, 0.6) is 0 Å². The second-order valence-electron chi connectivity index (χ2n) is 6.58. The van der Waals surface area contributed by atoms with Gasteiger partial charge in [-0.2, -0.15) is 0 Å². The zero-order chi connectivity index (χ0) is 18.6. The molecule has 0 saturated heterocycles. The number of amides is 2. The van der Waals surface area contributed by atoms with Crippen LogP contribution in [0.4, 0.5) is 0 Å². The lowest BCUT2D eigenvalue weighted by Gasteiger charge is -2.41. The average molecular weight is 349 g/mol. The number of carbonyl (C=O) groups is 2. The third-order valence-electron chi connectivity index (χ3n) is 4.72. The Morgan fingerprint density at radius 3 is 2.46 bits per heavy atom. The zero-order valence-electron chi connectivity index (χ0n) is 14.9. The molecular formula is C21H23N3O2. The summed E-state index contributed by atoms with van der Waals surface area (Å²) in [5.74, 6) is -0.368. The summed E-state index contributed by atoms with van der Waals surface area (Å²) in [7, 11) is 0. The van der Waals surface area contributed by atoms with E-state index in [0.29, 0.717) is 12.1 Å². The molecule has 0 spiro atoms. The van der Waals surface area contributed by atoms with E-state index in [4.69, 9.17) is 0 Å². The molecule has 2 amide bonds. The van der Waals surface area contributed by atoms with Gasteiger partial charge < -0.3 is 10.2 Å². The maximum absolute atomic E-state index is 13.3. The van der Waals surface area contributed by atoms with Gasteiger partial charge in [-0.25, -0.2) is 0 Å². The molecule has 1 aliphatic rings. The topological polar surface area (TPSA) is 62.3 Å². The Kier molecular flexibility index (Phi) is 5.16. The fraction of sp³-hybridized carbons (Fsp3) is 0.286. The van der Waals surface area contributed by atoms with Crippen molar-refractivity contribution in [2.45, 2.75) is 31.3 Å². The van der Waals surface area contributed by atoms with Crippen LogP contribution in [0.25, 0.3) is 0 Å². The second-order valence-corrected chi connectivity index (χ2v) is 6.58. The molecule has 1 aromatic heterocycles. The van der Waals surface area contributed by atoms with Crippen LogP contribution in [0.15, 0.2) is 67.5 Å². The van der Waals surface area contributed by atoms with Gasteiger partial charge in [-0.1, -0.05) is 36.4 Å². The van der Waals surface area contributed by atoms with Crippen molar-refractivity contribution in [3.05, 3.63) is 78.6 Å². The highest BCUT2D eigenvalue weighted by atomic mass is 16.2. The van der Waals surface area contributed by atoms with Crippen molar-refractivity contribution in [1.29, 1.82) is 0 Å². The van der Waals surface area contributed by atoms with E-state index < -0.39 is 5.54 Å². The molecule has 1 unspecified atom stereocenters. The highest BCUT2D eigenvalue weighted by molar-refractivity contribution is 6.00. The maximum Gasteiger partial charge on any atom is 0.255 e. The summed E-state index contributed by atoms with van der Waals surface area (Å²) in [5.41, 5.74) is 0.215. The summed E-state index contributed by atoms with van der Waals surface area (Å²) >= 11 is 0. The van der Waals surface area contributed by atoms with Crippen molar-refractivity contribution in [2.75, 3.05) is 6.54 Å². The number of hydrogen-bond acceptors (Lipinski definition) is 3. The van der Waals surface area contributed by atoms with Crippen molar-refractivity contribution < 1.29 is 9.59 Å². The predicted octanol–water partition coefficient (Wildman–Crippen LogP) is 2.90. The number of aromatic nitrogens is 1. The van der Waals surface area contributed by atoms with E-state index in [2.05, 4.69) is 16.9 Å². The first-order valence-corrected chi connectivity index (χ1v) is 8.77. The molecule has 5 nitrogen and oxygen atoms in total. The Morgan fingerprint density at radius 1 is 1.23 bits per heavy atom. The predicted molar refractivity (Wildman–Crippen MR) is 100 cm³/mol. The van der Waals surface area contributed by atoms with Gasteiger partial charge in [0.25, 0.3) is 11.8 Å². The molecule has 1 heterocycles. The standard InChI is InChI=1S/C21H23N3O2/c1-3-13-23-20(26)21(2,17-7-5-4-6-8-17)24(18-9-10-18)19(25)16-11-14-22-15-12-16/h3-8,11-12,14-15,18H,1,9-10,13H2,2H3,(H,23,26). The van der Waals surface area contributed by atoms with Crippen molar-refractivity contribution in [2.24, 2.45) is 0 Å². The maximum atomic E-state index is 13.3. The zero-order valence-corrected chi connectivity index (χ0v) is 14.9. The van der Waals surface area contributed by atoms with E-state index in [1.165, 1.54) is 0 Å². The van der Waals surface area contributed by atoms with Crippen LogP contribution < -0.4 is 5.32 Å². The minimum atomic E-state index is -1.11. The lowest BCUT2D eigenvalue weighted by Crippen LogP contribution is -2.57. The minimum absolute atomic E-state index is 0.0513. The molecule has 1 aliphatic carbocycles. The van der Waals surface area contributed by atoms with E-state index in [1.54, 1.807) is 35.5 Å². The molecule has 3 rings (SSSR count). The summed E-state index contributed by atoms with van der Waals surface area (Å²) in [5, 5.41) is 2.88. The highest BCUT2D eigenvalue weighted by Gasteiger charge is 2.50. The van der Waals surface area contributed by atoms with E-state index in [1.807, 2.05) is 37.3 Å². The molecule has 1 N–H and O–H groups in total. The molecule has 5 heteroatoms. The summed E-state index contributed by atoms with van der Waals surface area (Å²) in [6.07, 6.45) is 6.61. The molecule has 0 aliphatic heterocycles. The highest BCUT2D eigenvalue weighted by Crippen LogP contribution is 2.40. The number of nitrogens with one attached hydrogen (secondary N) is 1. The van der Waals surface area contributed by atoms with Crippen molar-refractivity contribution >= 4 is 11.8 Å². The molecule has 1 fully saturated rings. The second kappa shape index (κ2) is 7.52. The van der Waals surface area contributed by atoms with Gasteiger partial charge in [-0.05, 0) is 37.5 Å². The third-order valence-corrected chi connectivity index (χ3v) is 4.72. The Balaban J connectivity index is 2.07. The van der Waals surface area contributed by atoms with Crippen LogP contribution in [0.2, 0.25) is 0 Å². The minimum Gasteiger partial charge on any atom is -0.350 e. The fourth-order valence-corrected chi connectivity index (χ4v) is 3.18. The van der Waals surface area contributed by atoms with Crippen molar-refractivity contribution in [3.63, 3.8) is 0 Å². The van der Waals surface area contributed by atoms with Gasteiger partial charge >= 0.3 is 0 Å². The Hall–Kier alpha value is -2.95. The lowest BCUT2D eigenvalue weighted by atomic mass is 9.87. The van der Waals surface area contributed by atoms with Crippen LogP contribution in [-0.4, -0.2) is 34.3 Å². The quantitative estimate of drug-likeness (QED) is 0.782. The normalized spacial score (nSPS) is 15.6. The number of carbonyl (C=O) groups excluding carboxylic acids is 2. The third kappa shape index (κ3) is 3.38. The molecule has 0 bridgehead atoms. The Labute approximate surface area is 153 Å². The molecule has 1 atom stereocenters. The van der Waals surface area contributed by atoms with Gasteiger partial charge in [0, 0.05) is 30.5 Å². The van der Waals surface area contributed by atoms with E-state index in [-0.39, 0.29) is 17.9 Å². The van der Waals surface area contributed by atoms with Crippen LogP contribution in [0, 0.1) is 0 Å². The molecular weight excluding hydrogens is 326 g/mol. The Bertz CT molecular complexity index is 787. The first-order valence-electron chi connectivity index (χ1n) is 8.77.